The van der Waals surface area contributed by atoms with Crippen LogP contribution < -0.4 is 4.90 Å². The molecule has 0 radical (unpaired) electrons. The van der Waals surface area contributed by atoms with Crippen LogP contribution in [0, 0.1) is 17.2 Å². The maximum absolute atomic E-state index is 12.4. The monoisotopic (exact) mass is 382 g/mol. The van der Waals surface area contributed by atoms with Gasteiger partial charge in [0.25, 0.3) is 0 Å². The molecule has 2 saturated heterocycles. The molecule has 1 aromatic carbocycles. The average molecular weight is 383 g/mol. The standard InChI is InChI=1S/C21H23ClN4O/c22-17-3-4-19-18(12-17)21(16(13-23)14-24-19)26-9-5-15(6-10-26)11-20(27)25-7-1-2-8-25/h3-4,12,14-15H,1-2,5-11H2. The average Bonchev–Trinajstić information content (AvgIpc) is 3.23. The Hall–Kier alpha value is -2.32. The van der Waals surface area contributed by atoms with Crippen molar-refractivity contribution in [3.8, 4) is 6.07 Å². The van der Waals surface area contributed by atoms with E-state index in [0.717, 1.165) is 68.5 Å². The Balaban J connectivity index is 1.50. The van der Waals surface area contributed by atoms with Gasteiger partial charge in [-0.1, -0.05) is 11.6 Å². The van der Waals surface area contributed by atoms with E-state index >= 15 is 0 Å². The maximum Gasteiger partial charge on any atom is 0.222 e. The molecule has 0 unspecified atom stereocenters. The fraction of sp³-hybridized carbons (Fsp3) is 0.476. The minimum absolute atomic E-state index is 0.310. The van der Waals surface area contributed by atoms with Crippen molar-refractivity contribution < 1.29 is 4.79 Å². The number of hydrogen-bond donors (Lipinski definition) is 0. The third kappa shape index (κ3) is 3.72. The van der Waals surface area contributed by atoms with Crippen LogP contribution in [-0.2, 0) is 4.79 Å². The summed E-state index contributed by atoms with van der Waals surface area (Å²) in [4.78, 5) is 21.1. The zero-order chi connectivity index (χ0) is 18.8. The highest BCUT2D eigenvalue weighted by Gasteiger charge is 2.27. The Morgan fingerprint density at radius 1 is 1.22 bits per heavy atom. The number of likely N-dealkylation sites (tertiary alicyclic amines) is 1. The Labute approximate surface area is 164 Å². The molecule has 0 N–H and O–H groups in total. The fourth-order valence-electron chi connectivity index (χ4n) is 4.28. The highest BCUT2D eigenvalue weighted by molar-refractivity contribution is 6.31. The summed E-state index contributed by atoms with van der Waals surface area (Å²) >= 11 is 6.20. The number of amides is 1. The van der Waals surface area contributed by atoms with Crippen molar-refractivity contribution in [3.05, 3.63) is 35.0 Å². The molecule has 2 aromatic rings. The Bertz CT molecular complexity index is 893. The van der Waals surface area contributed by atoms with Crippen LogP contribution in [0.1, 0.15) is 37.7 Å². The lowest BCUT2D eigenvalue weighted by molar-refractivity contribution is -0.131. The number of aromatic nitrogens is 1. The quantitative estimate of drug-likeness (QED) is 0.805. The van der Waals surface area contributed by atoms with Crippen molar-refractivity contribution in [1.29, 1.82) is 5.26 Å². The lowest BCUT2D eigenvalue weighted by Gasteiger charge is -2.35. The second-order valence-corrected chi connectivity index (χ2v) is 7.95. The van der Waals surface area contributed by atoms with E-state index in [9.17, 15) is 10.1 Å². The summed E-state index contributed by atoms with van der Waals surface area (Å²) in [5.74, 6) is 0.737. The molecule has 2 fully saturated rings. The van der Waals surface area contributed by atoms with E-state index in [1.165, 1.54) is 0 Å². The van der Waals surface area contributed by atoms with Crippen LogP contribution in [0.5, 0.6) is 0 Å². The molecule has 4 rings (SSSR count). The highest BCUT2D eigenvalue weighted by atomic mass is 35.5. The van der Waals surface area contributed by atoms with Crippen molar-refractivity contribution in [3.63, 3.8) is 0 Å². The van der Waals surface area contributed by atoms with Gasteiger partial charge in [0, 0.05) is 49.2 Å². The molecule has 2 aliphatic rings. The van der Waals surface area contributed by atoms with Gasteiger partial charge in [0.05, 0.1) is 16.8 Å². The highest BCUT2D eigenvalue weighted by Crippen LogP contribution is 2.34. The molecule has 2 aliphatic heterocycles. The smallest absolute Gasteiger partial charge is 0.222 e. The summed E-state index contributed by atoms with van der Waals surface area (Å²) < 4.78 is 0. The molecule has 140 valence electrons. The van der Waals surface area contributed by atoms with Crippen LogP contribution in [0.2, 0.25) is 5.02 Å². The van der Waals surface area contributed by atoms with E-state index in [-0.39, 0.29) is 0 Å². The number of nitriles is 1. The molecule has 6 heteroatoms. The normalized spacial score (nSPS) is 18.1. The number of fused-ring (bicyclic) bond motifs is 1. The third-order valence-electron chi connectivity index (χ3n) is 5.77. The van der Waals surface area contributed by atoms with Gasteiger partial charge in [0.15, 0.2) is 0 Å². The van der Waals surface area contributed by atoms with Crippen LogP contribution in [-0.4, -0.2) is 42.0 Å². The van der Waals surface area contributed by atoms with Gasteiger partial charge < -0.3 is 9.80 Å². The molecular formula is C21H23ClN4O. The number of hydrogen-bond acceptors (Lipinski definition) is 4. The first kappa shape index (κ1) is 18.1. The molecule has 1 amide bonds. The van der Waals surface area contributed by atoms with Crippen molar-refractivity contribution in [2.24, 2.45) is 5.92 Å². The van der Waals surface area contributed by atoms with Gasteiger partial charge in [0.1, 0.15) is 6.07 Å². The topological polar surface area (TPSA) is 60.2 Å². The number of halogens is 1. The number of carbonyl (C=O) groups is 1. The maximum atomic E-state index is 12.4. The van der Waals surface area contributed by atoms with E-state index < -0.39 is 0 Å². The van der Waals surface area contributed by atoms with Gasteiger partial charge >= 0.3 is 0 Å². The van der Waals surface area contributed by atoms with Crippen molar-refractivity contribution in [2.75, 3.05) is 31.1 Å². The van der Waals surface area contributed by atoms with Gasteiger partial charge in [-0.15, -0.1) is 0 Å². The SMILES string of the molecule is N#Cc1cnc2ccc(Cl)cc2c1N1CCC(CC(=O)N2CCCC2)CC1. The Kier molecular flexibility index (Phi) is 5.18. The van der Waals surface area contributed by atoms with Crippen LogP contribution in [0.4, 0.5) is 5.69 Å². The summed E-state index contributed by atoms with van der Waals surface area (Å²) in [5, 5.41) is 11.1. The minimum Gasteiger partial charge on any atom is -0.370 e. The van der Waals surface area contributed by atoms with E-state index in [0.29, 0.717) is 28.8 Å². The first-order valence-electron chi connectivity index (χ1n) is 9.67. The number of nitrogens with zero attached hydrogens (tertiary/aromatic N) is 4. The zero-order valence-corrected chi connectivity index (χ0v) is 16.1. The number of anilines is 1. The van der Waals surface area contributed by atoms with Gasteiger partial charge in [-0.2, -0.15) is 5.26 Å². The van der Waals surface area contributed by atoms with Gasteiger partial charge in [-0.25, -0.2) is 0 Å². The molecule has 1 aromatic heterocycles. The first-order valence-corrected chi connectivity index (χ1v) is 10.0. The molecule has 27 heavy (non-hydrogen) atoms. The lowest BCUT2D eigenvalue weighted by atomic mass is 9.92. The predicted octanol–water partition coefficient (Wildman–Crippen LogP) is 3.99. The molecule has 5 nitrogen and oxygen atoms in total. The lowest BCUT2D eigenvalue weighted by Crippen LogP contribution is -2.37. The zero-order valence-electron chi connectivity index (χ0n) is 15.3. The summed E-state index contributed by atoms with van der Waals surface area (Å²) in [6.07, 6.45) is 6.51. The molecule has 0 spiro atoms. The second kappa shape index (κ2) is 7.74. The van der Waals surface area contributed by atoms with E-state index in [2.05, 4.69) is 16.0 Å². The second-order valence-electron chi connectivity index (χ2n) is 7.52. The predicted molar refractivity (Wildman–Crippen MR) is 107 cm³/mol. The summed E-state index contributed by atoms with van der Waals surface area (Å²) in [7, 11) is 0. The van der Waals surface area contributed by atoms with Gasteiger partial charge in [0.2, 0.25) is 5.91 Å². The summed E-state index contributed by atoms with van der Waals surface area (Å²) in [6.45, 7) is 3.54. The molecule has 3 heterocycles. The molecule has 0 bridgehead atoms. The number of benzene rings is 1. The number of carbonyl (C=O) groups excluding carboxylic acids is 1. The summed E-state index contributed by atoms with van der Waals surface area (Å²) in [5.41, 5.74) is 2.35. The van der Waals surface area contributed by atoms with Crippen molar-refractivity contribution >= 4 is 34.1 Å². The van der Waals surface area contributed by atoms with Crippen molar-refractivity contribution in [1.82, 2.24) is 9.88 Å². The molecule has 0 saturated carbocycles. The van der Waals surface area contributed by atoms with Crippen LogP contribution in [0.25, 0.3) is 10.9 Å². The Morgan fingerprint density at radius 3 is 2.67 bits per heavy atom. The Morgan fingerprint density at radius 2 is 1.96 bits per heavy atom. The van der Waals surface area contributed by atoms with E-state index in [1.54, 1.807) is 6.20 Å². The largest absolute Gasteiger partial charge is 0.370 e. The van der Waals surface area contributed by atoms with Crippen molar-refractivity contribution in [2.45, 2.75) is 32.1 Å². The van der Waals surface area contributed by atoms with E-state index in [1.807, 2.05) is 23.1 Å². The fourth-order valence-corrected chi connectivity index (χ4v) is 4.45. The third-order valence-corrected chi connectivity index (χ3v) is 6.01. The summed E-state index contributed by atoms with van der Waals surface area (Å²) in [6, 6.07) is 7.88. The number of rotatable bonds is 3. The number of pyridine rings is 1. The molecule has 0 aliphatic carbocycles. The number of piperidine rings is 1. The molecular weight excluding hydrogens is 360 g/mol. The van der Waals surface area contributed by atoms with Crippen LogP contribution in [0.3, 0.4) is 0 Å². The van der Waals surface area contributed by atoms with Crippen LogP contribution >= 0.6 is 11.6 Å². The minimum atomic E-state index is 0.310. The first-order chi connectivity index (χ1) is 13.2. The molecule has 0 atom stereocenters. The van der Waals surface area contributed by atoms with Gasteiger partial charge in [-0.05, 0) is 49.8 Å². The van der Waals surface area contributed by atoms with Gasteiger partial charge in [-0.3, -0.25) is 9.78 Å². The van der Waals surface area contributed by atoms with E-state index in [4.69, 9.17) is 11.6 Å². The van der Waals surface area contributed by atoms with Crippen LogP contribution in [0.15, 0.2) is 24.4 Å².